The standard InChI is InChI=1S/C19H13N5O6/c25-19(16-3-1-2-4-17(16)24(28)29)30-15-8-5-13(6-9-15)11-21-22-18-10-7-14(12-20-18)23(26)27/h1-12H,(H,20,22)/b21-11-. The molecule has 30 heavy (non-hydrogen) atoms. The van der Waals surface area contributed by atoms with Crippen LogP contribution in [0.3, 0.4) is 0 Å². The third kappa shape index (κ3) is 4.98. The number of nitrogens with zero attached hydrogens (tertiary/aromatic N) is 4. The largest absolute Gasteiger partial charge is 0.423 e. The quantitative estimate of drug-likeness (QED) is 0.205. The van der Waals surface area contributed by atoms with E-state index in [0.29, 0.717) is 11.4 Å². The number of hydrazone groups is 1. The van der Waals surface area contributed by atoms with Gasteiger partial charge in [0.05, 0.1) is 16.1 Å². The van der Waals surface area contributed by atoms with E-state index in [1.54, 1.807) is 12.1 Å². The zero-order valence-electron chi connectivity index (χ0n) is 15.2. The fourth-order valence-electron chi connectivity index (χ4n) is 2.32. The van der Waals surface area contributed by atoms with Crippen molar-refractivity contribution in [2.24, 2.45) is 5.10 Å². The Hall–Kier alpha value is -4.67. The maximum absolute atomic E-state index is 12.2. The van der Waals surface area contributed by atoms with E-state index in [2.05, 4.69) is 15.5 Å². The number of esters is 1. The predicted molar refractivity (Wildman–Crippen MR) is 107 cm³/mol. The van der Waals surface area contributed by atoms with Crippen LogP contribution in [0.1, 0.15) is 15.9 Å². The minimum atomic E-state index is -0.838. The topological polar surface area (TPSA) is 150 Å². The maximum Gasteiger partial charge on any atom is 0.350 e. The Morgan fingerprint density at radius 1 is 1.00 bits per heavy atom. The zero-order valence-corrected chi connectivity index (χ0v) is 15.2. The van der Waals surface area contributed by atoms with Gasteiger partial charge in [-0.25, -0.2) is 9.78 Å². The van der Waals surface area contributed by atoms with Crippen molar-refractivity contribution in [3.8, 4) is 5.75 Å². The molecule has 0 bridgehead atoms. The number of carbonyl (C=O) groups excluding carboxylic acids is 1. The smallest absolute Gasteiger partial charge is 0.350 e. The van der Waals surface area contributed by atoms with Gasteiger partial charge in [-0.2, -0.15) is 5.10 Å². The second kappa shape index (κ2) is 9.01. The number of nitrogens with one attached hydrogen (secondary N) is 1. The lowest BCUT2D eigenvalue weighted by atomic mass is 10.2. The summed E-state index contributed by atoms with van der Waals surface area (Å²) < 4.78 is 5.18. The summed E-state index contributed by atoms with van der Waals surface area (Å²) in [6.07, 6.45) is 2.58. The number of aromatic nitrogens is 1. The van der Waals surface area contributed by atoms with Crippen molar-refractivity contribution in [2.75, 3.05) is 5.43 Å². The molecule has 3 rings (SSSR count). The molecule has 0 aliphatic heterocycles. The Labute approximate surface area is 168 Å². The average molecular weight is 407 g/mol. The van der Waals surface area contributed by atoms with Gasteiger partial charge in [-0.1, -0.05) is 12.1 Å². The molecule has 2 aromatic carbocycles. The average Bonchev–Trinajstić information content (AvgIpc) is 2.75. The minimum absolute atomic E-state index is 0.129. The highest BCUT2D eigenvalue weighted by molar-refractivity contribution is 5.95. The van der Waals surface area contributed by atoms with Crippen molar-refractivity contribution < 1.29 is 19.4 Å². The van der Waals surface area contributed by atoms with Crippen molar-refractivity contribution in [2.45, 2.75) is 0 Å². The van der Waals surface area contributed by atoms with E-state index in [-0.39, 0.29) is 22.7 Å². The van der Waals surface area contributed by atoms with E-state index in [4.69, 9.17) is 4.74 Å². The summed E-state index contributed by atoms with van der Waals surface area (Å²) in [6.45, 7) is 0. The summed E-state index contributed by atoms with van der Waals surface area (Å²) in [5, 5.41) is 25.6. The van der Waals surface area contributed by atoms with Gasteiger partial charge in [-0.3, -0.25) is 25.7 Å². The van der Waals surface area contributed by atoms with Crippen LogP contribution in [0.25, 0.3) is 0 Å². The highest BCUT2D eigenvalue weighted by atomic mass is 16.6. The summed E-state index contributed by atoms with van der Waals surface area (Å²) in [4.78, 5) is 36.5. The molecule has 150 valence electrons. The molecule has 0 saturated carbocycles. The lowest BCUT2D eigenvalue weighted by molar-refractivity contribution is -0.385. The number of hydrogen-bond acceptors (Lipinski definition) is 9. The van der Waals surface area contributed by atoms with E-state index in [9.17, 15) is 25.0 Å². The van der Waals surface area contributed by atoms with Gasteiger partial charge in [0.2, 0.25) is 0 Å². The van der Waals surface area contributed by atoms with Crippen LogP contribution >= 0.6 is 0 Å². The van der Waals surface area contributed by atoms with E-state index < -0.39 is 15.8 Å². The Kier molecular flexibility index (Phi) is 6.03. The predicted octanol–water partition coefficient (Wildman–Crippen LogP) is 3.56. The molecular formula is C19H13N5O6. The van der Waals surface area contributed by atoms with Crippen LogP contribution in [0.15, 0.2) is 72.0 Å². The number of nitro groups is 2. The van der Waals surface area contributed by atoms with Crippen molar-refractivity contribution >= 4 is 29.4 Å². The zero-order chi connectivity index (χ0) is 21.5. The molecule has 3 aromatic rings. The number of para-hydroxylation sites is 1. The molecule has 0 aliphatic carbocycles. The summed E-state index contributed by atoms with van der Waals surface area (Å²) in [7, 11) is 0. The fraction of sp³-hybridized carbons (Fsp3) is 0. The summed E-state index contributed by atoms with van der Waals surface area (Å²) in [5.41, 5.74) is 2.68. The van der Waals surface area contributed by atoms with Crippen LogP contribution in [0.4, 0.5) is 17.2 Å². The number of rotatable bonds is 7. The molecule has 11 nitrogen and oxygen atoms in total. The first kappa shape index (κ1) is 20.1. The SMILES string of the molecule is O=C(Oc1ccc(/C=N\Nc2ccc([N+](=O)[O-])cn2)cc1)c1ccccc1[N+](=O)[O-]. The van der Waals surface area contributed by atoms with Crippen LogP contribution in [0.5, 0.6) is 5.75 Å². The number of carbonyl (C=O) groups is 1. The van der Waals surface area contributed by atoms with E-state index in [1.165, 1.54) is 54.7 Å². The number of pyridine rings is 1. The maximum atomic E-state index is 12.2. The summed E-state index contributed by atoms with van der Waals surface area (Å²) in [6, 6.07) is 14.5. The monoisotopic (exact) mass is 407 g/mol. The molecule has 0 saturated heterocycles. The summed E-state index contributed by atoms with van der Waals surface area (Å²) >= 11 is 0. The van der Waals surface area contributed by atoms with Crippen molar-refractivity contribution in [3.63, 3.8) is 0 Å². The second-order valence-electron chi connectivity index (χ2n) is 5.76. The van der Waals surface area contributed by atoms with Gasteiger partial charge >= 0.3 is 5.97 Å². The molecule has 0 unspecified atom stereocenters. The molecule has 0 spiro atoms. The molecule has 1 heterocycles. The first-order valence-corrected chi connectivity index (χ1v) is 8.39. The van der Waals surface area contributed by atoms with Crippen LogP contribution in [-0.2, 0) is 0 Å². The van der Waals surface area contributed by atoms with Gasteiger partial charge in [-0.15, -0.1) is 0 Å². The van der Waals surface area contributed by atoms with Crippen LogP contribution in [0.2, 0.25) is 0 Å². The number of benzene rings is 2. The van der Waals surface area contributed by atoms with Gasteiger partial charge in [-0.05, 0) is 42.0 Å². The third-order valence-corrected chi connectivity index (χ3v) is 3.76. The highest BCUT2D eigenvalue weighted by Gasteiger charge is 2.20. The Bertz CT molecular complexity index is 1110. The van der Waals surface area contributed by atoms with Crippen LogP contribution in [-0.4, -0.2) is 27.0 Å². The van der Waals surface area contributed by atoms with Crippen molar-refractivity contribution in [1.82, 2.24) is 4.98 Å². The van der Waals surface area contributed by atoms with E-state index >= 15 is 0 Å². The molecular weight excluding hydrogens is 394 g/mol. The lowest BCUT2D eigenvalue weighted by Gasteiger charge is -2.05. The fourth-order valence-corrected chi connectivity index (χ4v) is 2.32. The van der Waals surface area contributed by atoms with Gasteiger partial charge in [0.25, 0.3) is 11.4 Å². The molecule has 0 atom stereocenters. The molecule has 0 fully saturated rings. The number of hydrogen-bond donors (Lipinski definition) is 1. The van der Waals surface area contributed by atoms with Crippen molar-refractivity contribution in [3.05, 3.63) is 98.2 Å². The number of nitro benzene ring substituents is 1. The Morgan fingerprint density at radius 3 is 2.37 bits per heavy atom. The number of anilines is 1. The first-order valence-electron chi connectivity index (χ1n) is 8.39. The Morgan fingerprint density at radius 2 is 1.73 bits per heavy atom. The second-order valence-corrected chi connectivity index (χ2v) is 5.76. The van der Waals surface area contributed by atoms with Gasteiger partial charge in [0.15, 0.2) is 0 Å². The number of ether oxygens (including phenoxy) is 1. The van der Waals surface area contributed by atoms with E-state index in [1.807, 2.05) is 0 Å². The third-order valence-electron chi connectivity index (χ3n) is 3.76. The van der Waals surface area contributed by atoms with Crippen LogP contribution < -0.4 is 10.2 Å². The molecule has 1 aromatic heterocycles. The van der Waals surface area contributed by atoms with E-state index in [0.717, 1.165) is 6.20 Å². The Balaban J connectivity index is 1.61. The highest BCUT2D eigenvalue weighted by Crippen LogP contribution is 2.20. The molecule has 0 aliphatic rings. The first-order chi connectivity index (χ1) is 14.4. The summed E-state index contributed by atoms with van der Waals surface area (Å²) in [5.74, 6) is -0.304. The van der Waals surface area contributed by atoms with Crippen LogP contribution in [0, 0.1) is 20.2 Å². The molecule has 0 radical (unpaired) electrons. The van der Waals surface area contributed by atoms with Crippen molar-refractivity contribution in [1.29, 1.82) is 0 Å². The minimum Gasteiger partial charge on any atom is -0.423 e. The van der Waals surface area contributed by atoms with Gasteiger partial charge in [0, 0.05) is 12.1 Å². The van der Waals surface area contributed by atoms with Gasteiger partial charge < -0.3 is 4.74 Å². The molecule has 11 heteroatoms. The normalized spacial score (nSPS) is 10.5. The lowest BCUT2D eigenvalue weighted by Crippen LogP contribution is -2.11. The molecule has 0 amide bonds. The molecule has 1 N–H and O–H groups in total. The van der Waals surface area contributed by atoms with Gasteiger partial charge in [0.1, 0.15) is 23.3 Å².